The van der Waals surface area contributed by atoms with Crippen LogP contribution < -0.4 is 15.7 Å². The zero-order valence-electron chi connectivity index (χ0n) is 17.1. The van der Waals surface area contributed by atoms with Gasteiger partial charge >= 0.3 is 5.69 Å². The van der Waals surface area contributed by atoms with Crippen molar-refractivity contribution in [3.8, 4) is 5.75 Å². The van der Waals surface area contributed by atoms with Crippen molar-refractivity contribution in [1.82, 2.24) is 14.1 Å². The molecule has 7 nitrogen and oxygen atoms in total. The molecule has 2 aromatic heterocycles. The van der Waals surface area contributed by atoms with Gasteiger partial charge in [0, 0.05) is 31.8 Å². The average molecular weight is 412 g/mol. The monoisotopic (exact) mass is 412 g/mol. The summed E-state index contributed by atoms with van der Waals surface area (Å²) in [6.45, 7) is 0.608. The lowest BCUT2D eigenvalue weighted by Gasteiger charge is -2.28. The Morgan fingerprint density at radius 2 is 2.00 bits per heavy atom. The van der Waals surface area contributed by atoms with Crippen molar-refractivity contribution < 1.29 is 13.9 Å². The molecule has 0 aliphatic heterocycles. The number of hydrogen-bond acceptors (Lipinski definition) is 4. The van der Waals surface area contributed by atoms with Gasteiger partial charge in [0.15, 0.2) is 5.82 Å². The van der Waals surface area contributed by atoms with Gasteiger partial charge < -0.3 is 10.1 Å². The number of nitrogens with one attached hydrogen (secondary N) is 1. The van der Waals surface area contributed by atoms with Crippen LogP contribution in [0.2, 0.25) is 0 Å². The van der Waals surface area contributed by atoms with Crippen molar-refractivity contribution in [3.05, 3.63) is 53.0 Å². The number of carbonyl (C=O) groups excluding carboxylic acids is 1. The number of aromatic nitrogens is 3. The van der Waals surface area contributed by atoms with Gasteiger partial charge in [0.1, 0.15) is 5.75 Å². The number of anilines is 1. The fraction of sp³-hybridized carbons (Fsp3) is 0.409. The summed E-state index contributed by atoms with van der Waals surface area (Å²) in [6, 6.07) is 7.09. The molecule has 1 N–H and O–H groups in total. The number of pyridine rings is 1. The van der Waals surface area contributed by atoms with Gasteiger partial charge in [-0.25, -0.2) is 9.18 Å². The van der Waals surface area contributed by atoms with Crippen LogP contribution in [0.1, 0.15) is 25.7 Å². The van der Waals surface area contributed by atoms with Crippen LogP contribution in [0.25, 0.3) is 11.0 Å². The third kappa shape index (κ3) is 3.81. The van der Waals surface area contributed by atoms with Gasteiger partial charge in [0.05, 0.1) is 30.0 Å². The second-order valence-electron chi connectivity index (χ2n) is 7.87. The highest BCUT2D eigenvalue weighted by molar-refractivity contribution is 5.92. The van der Waals surface area contributed by atoms with Crippen molar-refractivity contribution in [3.63, 3.8) is 0 Å². The average Bonchev–Trinajstić information content (AvgIpc) is 3.00. The second kappa shape index (κ2) is 8.30. The second-order valence-corrected chi connectivity index (χ2v) is 7.87. The highest BCUT2D eigenvalue weighted by Crippen LogP contribution is 2.31. The number of rotatable bonds is 5. The molecule has 0 spiro atoms. The molecule has 1 saturated carbocycles. The third-order valence-corrected chi connectivity index (χ3v) is 6.04. The Morgan fingerprint density at radius 1 is 1.23 bits per heavy atom. The molecule has 0 atom stereocenters. The molecule has 0 bridgehead atoms. The number of hydrogen-bond donors (Lipinski definition) is 1. The van der Waals surface area contributed by atoms with Crippen molar-refractivity contribution in [2.24, 2.45) is 18.9 Å². The molecule has 1 aliphatic rings. The van der Waals surface area contributed by atoms with Gasteiger partial charge in [-0.2, -0.15) is 0 Å². The van der Waals surface area contributed by atoms with Crippen LogP contribution in [0.15, 0.2) is 41.5 Å². The number of ether oxygens (including phenoxy) is 1. The van der Waals surface area contributed by atoms with E-state index in [1.54, 1.807) is 23.3 Å². The van der Waals surface area contributed by atoms with Crippen LogP contribution in [0, 0.1) is 17.7 Å². The van der Waals surface area contributed by atoms with Crippen LogP contribution in [-0.4, -0.2) is 27.1 Å². The Balaban J connectivity index is 1.43. The largest absolute Gasteiger partial charge is 0.497 e. The number of fused-ring (bicyclic) bond motifs is 1. The number of amides is 1. The molecule has 158 valence electrons. The summed E-state index contributed by atoms with van der Waals surface area (Å²) in [5.41, 5.74) is 1.84. The molecule has 0 unspecified atom stereocenters. The van der Waals surface area contributed by atoms with Crippen LogP contribution >= 0.6 is 0 Å². The normalized spacial score (nSPS) is 19.0. The predicted octanol–water partition coefficient (Wildman–Crippen LogP) is 3.33. The Labute approximate surface area is 173 Å². The van der Waals surface area contributed by atoms with E-state index in [0.717, 1.165) is 30.1 Å². The first-order valence-electron chi connectivity index (χ1n) is 10.1. The van der Waals surface area contributed by atoms with E-state index in [0.29, 0.717) is 31.1 Å². The van der Waals surface area contributed by atoms with E-state index in [-0.39, 0.29) is 23.2 Å². The van der Waals surface area contributed by atoms with Crippen LogP contribution in [0.4, 0.5) is 10.1 Å². The van der Waals surface area contributed by atoms with E-state index in [2.05, 4.69) is 10.3 Å². The standard InChI is InChI=1S/C22H25FN4O3/c1-26-19-8-7-16(30-2)11-20(19)27(22(26)29)13-14-3-5-15(6-4-14)21(28)25-18-9-10-24-12-17(18)23/h7-12,14-15H,3-6,13H2,1-2H3,(H,24,25,28). The zero-order valence-corrected chi connectivity index (χ0v) is 17.1. The fourth-order valence-corrected chi connectivity index (χ4v) is 4.27. The summed E-state index contributed by atoms with van der Waals surface area (Å²) in [5.74, 6) is 0.167. The Morgan fingerprint density at radius 3 is 2.70 bits per heavy atom. The van der Waals surface area contributed by atoms with Gasteiger partial charge in [0.2, 0.25) is 5.91 Å². The summed E-state index contributed by atoms with van der Waals surface area (Å²) < 4.78 is 22.5. The molecule has 4 rings (SSSR count). The lowest BCUT2D eigenvalue weighted by Crippen LogP contribution is -2.31. The molecular weight excluding hydrogens is 387 g/mol. The minimum Gasteiger partial charge on any atom is -0.497 e. The van der Waals surface area contributed by atoms with E-state index in [1.165, 1.54) is 12.3 Å². The molecule has 0 saturated heterocycles. The van der Waals surface area contributed by atoms with Gasteiger partial charge in [-0.15, -0.1) is 0 Å². The van der Waals surface area contributed by atoms with Crippen LogP contribution in [0.3, 0.4) is 0 Å². The highest BCUT2D eigenvalue weighted by Gasteiger charge is 2.28. The molecule has 1 aromatic carbocycles. The van der Waals surface area contributed by atoms with Gasteiger partial charge in [-0.3, -0.25) is 18.9 Å². The maximum atomic E-state index is 13.7. The van der Waals surface area contributed by atoms with E-state index in [9.17, 15) is 14.0 Å². The van der Waals surface area contributed by atoms with E-state index in [1.807, 2.05) is 18.2 Å². The molecule has 1 fully saturated rings. The molecule has 1 amide bonds. The van der Waals surface area contributed by atoms with Gasteiger partial charge in [-0.05, 0) is 49.8 Å². The number of methoxy groups -OCH3 is 1. The Kier molecular flexibility index (Phi) is 5.57. The molecular formula is C22H25FN4O3. The summed E-state index contributed by atoms with van der Waals surface area (Å²) in [4.78, 5) is 29.0. The summed E-state index contributed by atoms with van der Waals surface area (Å²) >= 11 is 0. The maximum absolute atomic E-state index is 13.7. The molecule has 0 radical (unpaired) electrons. The summed E-state index contributed by atoms with van der Waals surface area (Å²) in [7, 11) is 3.38. The first kappa shape index (κ1) is 20.1. The molecule has 2 heterocycles. The number of carbonyl (C=O) groups is 1. The topological polar surface area (TPSA) is 78.2 Å². The number of benzene rings is 1. The number of nitrogens with zero attached hydrogens (tertiary/aromatic N) is 3. The quantitative estimate of drug-likeness (QED) is 0.697. The Bertz CT molecular complexity index is 1130. The number of aryl methyl sites for hydroxylation is 1. The summed E-state index contributed by atoms with van der Waals surface area (Å²) in [6.07, 6.45) is 5.64. The molecule has 1 aliphatic carbocycles. The first-order chi connectivity index (χ1) is 14.5. The number of halogens is 1. The highest BCUT2D eigenvalue weighted by atomic mass is 19.1. The lowest BCUT2D eigenvalue weighted by atomic mass is 9.81. The Hall–Kier alpha value is -3.16. The van der Waals surface area contributed by atoms with Crippen LogP contribution in [0.5, 0.6) is 5.75 Å². The number of imidazole rings is 1. The van der Waals surface area contributed by atoms with Gasteiger partial charge in [0.25, 0.3) is 0 Å². The lowest BCUT2D eigenvalue weighted by molar-refractivity contribution is -0.121. The molecule has 3 aromatic rings. The zero-order chi connectivity index (χ0) is 21.3. The summed E-state index contributed by atoms with van der Waals surface area (Å²) in [5, 5.41) is 2.67. The van der Waals surface area contributed by atoms with Gasteiger partial charge in [-0.1, -0.05) is 0 Å². The van der Waals surface area contributed by atoms with E-state index in [4.69, 9.17) is 4.74 Å². The first-order valence-corrected chi connectivity index (χ1v) is 10.1. The predicted molar refractivity (Wildman–Crippen MR) is 112 cm³/mol. The molecule has 8 heteroatoms. The smallest absolute Gasteiger partial charge is 0.328 e. The van der Waals surface area contributed by atoms with Crippen molar-refractivity contribution in [2.75, 3.05) is 12.4 Å². The maximum Gasteiger partial charge on any atom is 0.328 e. The van der Waals surface area contributed by atoms with Crippen molar-refractivity contribution in [2.45, 2.75) is 32.2 Å². The third-order valence-electron chi connectivity index (χ3n) is 6.04. The van der Waals surface area contributed by atoms with E-state index >= 15 is 0 Å². The van der Waals surface area contributed by atoms with E-state index < -0.39 is 5.82 Å². The molecule has 30 heavy (non-hydrogen) atoms. The van der Waals surface area contributed by atoms with Crippen molar-refractivity contribution >= 4 is 22.6 Å². The minimum atomic E-state index is -0.537. The SMILES string of the molecule is COc1ccc2c(c1)n(CC1CCC(C(=O)Nc3ccncc3F)CC1)c(=O)n2C. The minimum absolute atomic E-state index is 0.0497. The fourth-order valence-electron chi connectivity index (χ4n) is 4.27. The van der Waals surface area contributed by atoms with Crippen molar-refractivity contribution in [1.29, 1.82) is 0 Å². The van der Waals surface area contributed by atoms with Crippen LogP contribution in [-0.2, 0) is 18.4 Å².